The average molecular weight is 220 g/mol. The van der Waals surface area contributed by atoms with Gasteiger partial charge in [0, 0.05) is 23.5 Å². The van der Waals surface area contributed by atoms with Crippen LogP contribution in [0.15, 0.2) is 54.9 Å². The molecule has 0 aliphatic heterocycles. The molecule has 2 heteroatoms. The van der Waals surface area contributed by atoms with E-state index in [0.29, 0.717) is 0 Å². The molecule has 0 atom stereocenters. The van der Waals surface area contributed by atoms with Gasteiger partial charge in [0.15, 0.2) is 0 Å². The van der Waals surface area contributed by atoms with Crippen molar-refractivity contribution in [3.8, 4) is 11.1 Å². The van der Waals surface area contributed by atoms with Crippen LogP contribution in [-0.4, -0.2) is 9.97 Å². The summed E-state index contributed by atoms with van der Waals surface area (Å²) >= 11 is 0. The number of fused-ring (bicyclic) bond motifs is 1. The number of nitrogens with zero attached hydrogens (tertiary/aromatic N) is 2. The zero-order valence-corrected chi connectivity index (χ0v) is 9.59. The number of hydrogen-bond acceptors (Lipinski definition) is 2. The van der Waals surface area contributed by atoms with E-state index in [1.165, 1.54) is 16.5 Å². The van der Waals surface area contributed by atoms with Crippen LogP contribution in [0.1, 0.15) is 5.69 Å². The zero-order chi connectivity index (χ0) is 11.7. The number of rotatable bonds is 1. The van der Waals surface area contributed by atoms with E-state index in [-0.39, 0.29) is 0 Å². The van der Waals surface area contributed by atoms with Crippen LogP contribution in [0.3, 0.4) is 0 Å². The van der Waals surface area contributed by atoms with Crippen molar-refractivity contribution in [1.29, 1.82) is 0 Å². The van der Waals surface area contributed by atoms with Crippen LogP contribution in [0, 0.1) is 6.92 Å². The van der Waals surface area contributed by atoms with Gasteiger partial charge >= 0.3 is 0 Å². The molecule has 0 fully saturated rings. The predicted octanol–water partition coefficient (Wildman–Crippen LogP) is 3.61. The molecule has 0 amide bonds. The van der Waals surface area contributed by atoms with Crippen molar-refractivity contribution >= 4 is 10.9 Å². The van der Waals surface area contributed by atoms with Crippen LogP contribution in [0.25, 0.3) is 22.0 Å². The fraction of sp³-hybridized carbons (Fsp3) is 0.0667. The third-order valence-corrected chi connectivity index (χ3v) is 2.84. The molecule has 2 heterocycles. The Morgan fingerprint density at radius 2 is 1.65 bits per heavy atom. The topological polar surface area (TPSA) is 25.8 Å². The Morgan fingerprint density at radius 3 is 2.47 bits per heavy atom. The zero-order valence-electron chi connectivity index (χ0n) is 9.59. The maximum Gasteiger partial charge on any atom is 0.0705 e. The number of pyridine rings is 2. The molecule has 82 valence electrons. The number of benzene rings is 1. The van der Waals surface area contributed by atoms with Crippen LogP contribution < -0.4 is 0 Å². The van der Waals surface area contributed by atoms with Crippen molar-refractivity contribution in [2.45, 2.75) is 6.92 Å². The number of hydrogen-bond donors (Lipinski definition) is 0. The van der Waals surface area contributed by atoms with E-state index >= 15 is 0 Å². The lowest BCUT2D eigenvalue weighted by atomic mass is 10.0. The van der Waals surface area contributed by atoms with Gasteiger partial charge in [-0.25, -0.2) is 0 Å². The molecular weight excluding hydrogens is 208 g/mol. The van der Waals surface area contributed by atoms with E-state index in [1.807, 2.05) is 37.5 Å². The lowest BCUT2D eigenvalue weighted by Gasteiger charge is -2.04. The minimum atomic E-state index is 1.04. The van der Waals surface area contributed by atoms with Crippen LogP contribution in [0.2, 0.25) is 0 Å². The largest absolute Gasteiger partial charge is 0.265 e. The molecule has 0 radical (unpaired) electrons. The van der Waals surface area contributed by atoms with E-state index in [4.69, 9.17) is 0 Å². The van der Waals surface area contributed by atoms with Crippen molar-refractivity contribution in [2.24, 2.45) is 0 Å². The molecule has 3 aromatic rings. The van der Waals surface area contributed by atoms with Gasteiger partial charge < -0.3 is 0 Å². The first-order valence-electron chi connectivity index (χ1n) is 5.61. The molecule has 17 heavy (non-hydrogen) atoms. The molecule has 3 rings (SSSR count). The van der Waals surface area contributed by atoms with Gasteiger partial charge in [-0.1, -0.05) is 12.1 Å². The molecule has 1 aromatic carbocycles. The molecule has 0 spiro atoms. The van der Waals surface area contributed by atoms with Crippen LogP contribution in [0.4, 0.5) is 0 Å². The summed E-state index contributed by atoms with van der Waals surface area (Å²) in [5.74, 6) is 0. The van der Waals surface area contributed by atoms with Gasteiger partial charge in [-0.15, -0.1) is 0 Å². The second kappa shape index (κ2) is 3.98. The Hall–Kier alpha value is -2.22. The molecule has 0 bridgehead atoms. The fourth-order valence-corrected chi connectivity index (χ4v) is 1.95. The molecule has 0 saturated heterocycles. The fourth-order valence-electron chi connectivity index (χ4n) is 1.95. The highest BCUT2D eigenvalue weighted by Crippen LogP contribution is 2.23. The first-order valence-corrected chi connectivity index (χ1v) is 5.61. The minimum Gasteiger partial charge on any atom is -0.265 e. The Bertz CT molecular complexity index is 660. The first kappa shape index (κ1) is 9.97. The quantitative estimate of drug-likeness (QED) is 0.626. The molecule has 0 N–H and O–H groups in total. The first-order chi connectivity index (χ1) is 8.33. The normalized spacial score (nSPS) is 10.6. The second-order valence-corrected chi connectivity index (χ2v) is 4.10. The van der Waals surface area contributed by atoms with Gasteiger partial charge in [0.2, 0.25) is 0 Å². The number of aryl methyl sites for hydroxylation is 1. The molecular formula is C15H12N2. The van der Waals surface area contributed by atoms with E-state index in [0.717, 1.165) is 11.2 Å². The highest BCUT2D eigenvalue weighted by atomic mass is 14.7. The summed E-state index contributed by atoms with van der Waals surface area (Å²) in [6, 6.07) is 14.5. The molecule has 2 nitrogen and oxygen atoms in total. The third kappa shape index (κ3) is 1.89. The lowest BCUT2D eigenvalue weighted by molar-refractivity contribution is 1.26. The van der Waals surface area contributed by atoms with E-state index in [2.05, 4.69) is 34.2 Å². The summed E-state index contributed by atoms with van der Waals surface area (Å²) in [6.07, 6.45) is 3.62. The lowest BCUT2D eigenvalue weighted by Crippen LogP contribution is -1.84. The minimum absolute atomic E-state index is 1.04. The Kier molecular flexibility index (Phi) is 2.33. The van der Waals surface area contributed by atoms with Crippen LogP contribution in [0.5, 0.6) is 0 Å². The van der Waals surface area contributed by atoms with Gasteiger partial charge in [-0.3, -0.25) is 9.97 Å². The Balaban J connectivity index is 2.17. The summed E-state index contributed by atoms with van der Waals surface area (Å²) in [5.41, 5.74) is 4.48. The number of aromatic nitrogens is 2. The third-order valence-electron chi connectivity index (χ3n) is 2.84. The Morgan fingerprint density at radius 1 is 0.824 bits per heavy atom. The molecule has 2 aromatic heterocycles. The van der Waals surface area contributed by atoms with Crippen LogP contribution >= 0.6 is 0 Å². The summed E-state index contributed by atoms with van der Waals surface area (Å²) in [6.45, 7) is 2.01. The smallest absolute Gasteiger partial charge is 0.0705 e. The SMILES string of the molecule is Cc1ccc2cc(-c3ccncc3)ccc2n1. The summed E-state index contributed by atoms with van der Waals surface area (Å²) in [4.78, 5) is 8.53. The highest BCUT2D eigenvalue weighted by molar-refractivity contribution is 5.84. The average Bonchev–Trinajstić information content (AvgIpc) is 2.39. The van der Waals surface area contributed by atoms with Crippen molar-refractivity contribution in [2.75, 3.05) is 0 Å². The van der Waals surface area contributed by atoms with Gasteiger partial charge in [0.25, 0.3) is 0 Å². The maximum absolute atomic E-state index is 4.50. The van der Waals surface area contributed by atoms with E-state index < -0.39 is 0 Å². The summed E-state index contributed by atoms with van der Waals surface area (Å²) in [7, 11) is 0. The maximum atomic E-state index is 4.50. The van der Waals surface area contributed by atoms with Crippen molar-refractivity contribution < 1.29 is 0 Å². The highest BCUT2D eigenvalue weighted by Gasteiger charge is 2.00. The molecule has 0 aliphatic rings. The monoisotopic (exact) mass is 220 g/mol. The molecule has 0 aliphatic carbocycles. The van der Waals surface area contributed by atoms with Crippen molar-refractivity contribution in [3.05, 3.63) is 60.6 Å². The van der Waals surface area contributed by atoms with Crippen molar-refractivity contribution in [3.63, 3.8) is 0 Å². The van der Waals surface area contributed by atoms with E-state index in [1.54, 1.807) is 0 Å². The molecule has 0 unspecified atom stereocenters. The van der Waals surface area contributed by atoms with Crippen LogP contribution in [-0.2, 0) is 0 Å². The predicted molar refractivity (Wildman–Crippen MR) is 69.7 cm³/mol. The molecule has 0 saturated carbocycles. The Labute approximate surface area is 100.0 Å². The van der Waals surface area contributed by atoms with Gasteiger partial charge in [-0.05, 0) is 48.4 Å². The summed E-state index contributed by atoms with van der Waals surface area (Å²) < 4.78 is 0. The van der Waals surface area contributed by atoms with Gasteiger partial charge in [0.1, 0.15) is 0 Å². The van der Waals surface area contributed by atoms with Crippen molar-refractivity contribution in [1.82, 2.24) is 9.97 Å². The van der Waals surface area contributed by atoms with E-state index in [9.17, 15) is 0 Å². The summed E-state index contributed by atoms with van der Waals surface area (Å²) in [5, 5.41) is 1.17. The standard InChI is InChI=1S/C15H12N2/c1-11-2-3-14-10-13(4-5-15(14)17-11)12-6-8-16-9-7-12/h2-10H,1H3. The van der Waals surface area contributed by atoms with Gasteiger partial charge in [0.05, 0.1) is 5.52 Å². The van der Waals surface area contributed by atoms with Gasteiger partial charge in [-0.2, -0.15) is 0 Å². The second-order valence-electron chi connectivity index (χ2n) is 4.10.